The van der Waals surface area contributed by atoms with E-state index in [0.29, 0.717) is 0 Å². The Morgan fingerprint density at radius 2 is 1.34 bits per heavy atom. The molecule has 0 spiro atoms. The van der Waals surface area contributed by atoms with Gasteiger partial charge in [-0.25, -0.2) is 0 Å². The molecule has 3 heterocycles. The van der Waals surface area contributed by atoms with Gasteiger partial charge in [0, 0.05) is 21.8 Å². The predicted octanol–water partition coefficient (Wildman–Crippen LogP) is 7.02. The lowest BCUT2D eigenvalue weighted by Gasteiger charge is -2.17. The van der Waals surface area contributed by atoms with E-state index in [1.54, 1.807) is 6.20 Å². The average molecular weight is 480 g/mol. The highest BCUT2D eigenvalue weighted by Gasteiger charge is 2.27. The fourth-order valence-corrected chi connectivity index (χ4v) is 3.61. The van der Waals surface area contributed by atoms with E-state index >= 15 is 0 Å². The first-order chi connectivity index (χ1) is 16.1. The summed E-state index contributed by atoms with van der Waals surface area (Å²) in [5.41, 5.74) is 7.16. The average Bonchev–Trinajstić information content (AvgIpc) is 3.19. The highest BCUT2D eigenvalue weighted by Crippen LogP contribution is 2.32. The topological polar surface area (TPSA) is 77.6 Å². The van der Waals surface area contributed by atoms with Crippen molar-refractivity contribution < 1.29 is 4.52 Å². The number of aromatic nitrogens is 5. The predicted molar refractivity (Wildman–Crippen MR) is 143 cm³/mol. The molecule has 4 rings (SSSR count). The molecule has 3 aromatic rings. The molecule has 0 radical (unpaired) electrons. The molecule has 1 aliphatic carbocycles. The molecule has 0 bridgehead atoms. The van der Waals surface area contributed by atoms with Crippen molar-refractivity contribution in [2.45, 2.75) is 118 Å². The first-order valence-electron chi connectivity index (χ1n) is 12.7. The zero-order valence-electron chi connectivity index (χ0n) is 23.8. The fraction of sp³-hybridized carbons (Fsp3) is 0.621. The quantitative estimate of drug-likeness (QED) is 0.345. The highest BCUT2D eigenvalue weighted by molar-refractivity contribution is 5.29. The van der Waals surface area contributed by atoms with E-state index in [9.17, 15) is 0 Å². The molecule has 0 aliphatic heterocycles. The van der Waals surface area contributed by atoms with E-state index in [4.69, 9.17) is 4.52 Å². The van der Waals surface area contributed by atoms with Gasteiger partial charge in [-0.2, -0.15) is 20.4 Å². The zero-order chi connectivity index (χ0) is 26.4. The standard InChI is InChI=1S/C11H17NO.2C9H14N2/c1-11(2,3)10-8-6-4-5-7-9(8)12-13-10;1-7-5-8(9(2,3)4)11-10-6-7;1-7-5-6-8(11-10-7)9(2,3)4/h4-7H2,1-3H3;2*5-6H,1-4H3. The van der Waals surface area contributed by atoms with Gasteiger partial charge in [0.05, 0.1) is 29.0 Å². The van der Waals surface area contributed by atoms with Crippen LogP contribution in [-0.4, -0.2) is 25.6 Å². The second kappa shape index (κ2) is 11.4. The van der Waals surface area contributed by atoms with Crippen LogP contribution in [0.4, 0.5) is 0 Å². The lowest BCUT2D eigenvalue weighted by Crippen LogP contribution is -2.14. The Balaban J connectivity index is 0.000000186. The van der Waals surface area contributed by atoms with Gasteiger partial charge in [0.2, 0.25) is 0 Å². The van der Waals surface area contributed by atoms with Gasteiger partial charge in [0.15, 0.2) is 0 Å². The van der Waals surface area contributed by atoms with Crippen LogP contribution in [0, 0.1) is 13.8 Å². The van der Waals surface area contributed by atoms with Gasteiger partial charge in [-0.3, -0.25) is 0 Å². The normalized spacial score (nSPS) is 13.7. The van der Waals surface area contributed by atoms with E-state index in [1.807, 2.05) is 26.0 Å². The summed E-state index contributed by atoms with van der Waals surface area (Å²) in [7, 11) is 0. The monoisotopic (exact) mass is 479 g/mol. The van der Waals surface area contributed by atoms with Gasteiger partial charge >= 0.3 is 0 Å². The first-order valence-corrected chi connectivity index (χ1v) is 12.7. The van der Waals surface area contributed by atoms with Crippen molar-refractivity contribution in [2.24, 2.45) is 0 Å². The summed E-state index contributed by atoms with van der Waals surface area (Å²) >= 11 is 0. The summed E-state index contributed by atoms with van der Waals surface area (Å²) in [5, 5.41) is 20.2. The van der Waals surface area contributed by atoms with Crippen LogP contribution in [0.2, 0.25) is 0 Å². The van der Waals surface area contributed by atoms with Crippen LogP contribution in [-0.2, 0) is 29.1 Å². The number of aryl methyl sites for hydroxylation is 3. The first kappa shape index (κ1) is 28.6. The molecular weight excluding hydrogens is 434 g/mol. The Labute approximate surface area is 212 Å². The lowest BCUT2D eigenvalue weighted by atomic mass is 9.85. The second-order valence-corrected chi connectivity index (χ2v) is 12.6. The molecule has 0 saturated heterocycles. The molecule has 0 fully saturated rings. The molecule has 0 atom stereocenters. The fourth-order valence-electron chi connectivity index (χ4n) is 3.61. The number of hydrogen-bond acceptors (Lipinski definition) is 6. The molecule has 192 valence electrons. The van der Waals surface area contributed by atoms with Gasteiger partial charge in [0.1, 0.15) is 5.76 Å². The third kappa shape index (κ3) is 8.83. The summed E-state index contributed by atoms with van der Waals surface area (Å²) in [5.74, 6) is 1.10. The molecule has 0 saturated carbocycles. The lowest BCUT2D eigenvalue weighted by molar-refractivity contribution is 0.325. The van der Waals surface area contributed by atoms with Crippen molar-refractivity contribution in [3.8, 4) is 0 Å². The third-order valence-corrected chi connectivity index (χ3v) is 5.77. The minimum Gasteiger partial charge on any atom is -0.360 e. The van der Waals surface area contributed by atoms with Gasteiger partial charge in [-0.05, 0) is 63.3 Å². The van der Waals surface area contributed by atoms with Gasteiger partial charge in [0.25, 0.3) is 0 Å². The van der Waals surface area contributed by atoms with Crippen molar-refractivity contribution in [3.05, 3.63) is 64.1 Å². The van der Waals surface area contributed by atoms with Crippen LogP contribution in [0.15, 0.2) is 28.9 Å². The maximum Gasteiger partial charge on any atom is 0.145 e. The maximum atomic E-state index is 5.43. The summed E-state index contributed by atoms with van der Waals surface area (Å²) in [6.07, 6.45) is 6.59. The Kier molecular flexibility index (Phi) is 9.32. The molecule has 6 heteroatoms. The minimum absolute atomic E-state index is 0.109. The smallest absolute Gasteiger partial charge is 0.145 e. The molecule has 35 heavy (non-hydrogen) atoms. The van der Waals surface area contributed by atoms with Crippen molar-refractivity contribution in [1.82, 2.24) is 25.6 Å². The van der Waals surface area contributed by atoms with Crippen molar-refractivity contribution in [2.75, 3.05) is 0 Å². The number of nitrogens with zero attached hydrogens (tertiary/aromatic N) is 5. The van der Waals surface area contributed by atoms with Gasteiger partial charge in [-0.1, -0.05) is 67.5 Å². The number of hydrogen-bond donors (Lipinski definition) is 0. The summed E-state index contributed by atoms with van der Waals surface area (Å²) in [6, 6.07) is 6.10. The Bertz CT molecular complexity index is 1060. The summed E-state index contributed by atoms with van der Waals surface area (Å²) < 4.78 is 5.43. The van der Waals surface area contributed by atoms with Crippen molar-refractivity contribution in [3.63, 3.8) is 0 Å². The molecule has 6 nitrogen and oxygen atoms in total. The molecule has 0 aromatic carbocycles. The Hall–Kier alpha value is -2.63. The molecular formula is C29H45N5O. The van der Waals surface area contributed by atoms with Crippen molar-refractivity contribution in [1.29, 1.82) is 0 Å². The number of fused-ring (bicyclic) bond motifs is 1. The Morgan fingerprint density at radius 1 is 0.714 bits per heavy atom. The summed E-state index contributed by atoms with van der Waals surface area (Å²) in [6.45, 7) is 23.3. The number of rotatable bonds is 0. The molecule has 1 aliphatic rings. The van der Waals surface area contributed by atoms with Crippen LogP contribution in [0.3, 0.4) is 0 Å². The van der Waals surface area contributed by atoms with Gasteiger partial charge < -0.3 is 4.52 Å². The van der Waals surface area contributed by atoms with E-state index in [0.717, 1.165) is 35.7 Å². The van der Waals surface area contributed by atoms with Crippen LogP contribution in [0.5, 0.6) is 0 Å². The van der Waals surface area contributed by atoms with Crippen molar-refractivity contribution >= 4 is 0 Å². The van der Waals surface area contributed by atoms with E-state index in [2.05, 4.69) is 93.9 Å². The molecule has 0 N–H and O–H groups in total. The minimum atomic E-state index is 0.109. The highest BCUT2D eigenvalue weighted by atomic mass is 16.5. The largest absolute Gasteiger partial charge is 0.360 e. The molecule has 0 unspecified atom stereocenters. The van der Waals surface area contributed by atoms with Gasteiger partial charge in [-0.15, -0.1) is 0 Å². The zero-order valence-corrected chi connectivity index (χ0v) is 23.8. The van der Waals surface area contributed by atoms with E-state index in [-0.39, 0.29) is 16.2 Å². The Morgan fingerprint density at radius 3 is 1.83 bits per heavy atom. The SMILES string of the molecule is CC(C)(C)c1onc2c1CCCC2.Cc1ccc(C(C)(C)C)nn1.Cc1cnnc(C(C)(C)C)c1. The van der Waals surface area contributed by atoms with Crippen LogP contribution in [0.25, 0.3) is 0 Å². The van der Waals surface area contributed by atoms with E-state index in [1.165, 1.54) is 29.7 Å². The second-order valence-electron chi connectivity index (χ2n) is 12.6. The molecule has 0 amide bonds. The van der Waals surface area contributed by atoms with Crippen LogP contribution < -0.4 is 0 Å². The van der Waals surface area contributed by atoms with Crippen LogP contribution in [0.1, 0.15) is 115 Å². The van der Waals surface area contributed by atoms with Crippen LogP contribution >= 0.6 is 0 Å². The maximum absolute atomic E-state index is 5.43. The van der Waals surface area contributed by atoms with E-state index < -0.39 is 0 Å². The summed E-state index contributed by atoms with van der Waals surface area (Å²) in [4.78, 5) is 0. The molecule has 3 aromatic heterocycles. The third-order valence-electron chi connectivity index (χ3n) is 5.77.